The maximum atomic E-state index is 8.67. The molecule has 0 aliphatic heterocycles. The summed E-state index contributed by atoms with van der Waals surface area (Å²) < 4.78 is 2.81. The van der Waals surface area contributed by atoms with Crippen LogP contribution in [-0.2, 0) is 6.54 Å². The molecular weight excluding hydrogens is 284 g/mol. The highest BCUT2D eigenvalue weighted by Crippen LogP contribution is 2.10. The summed E-state index contributed by atoms with van der Waals surface area (Å²) in [5, 5.41) is 12.0. The predicted octanol–water partition coefficient (Wildman–Crippen LogP) is 1.35. The van der Waals surface area contributed by atoms with E-state index in [-0.39, 0.29) is 6.61 Å². The second-order valence-electron chi connectivity index (χ2n) is 3.80. The van der Waals surface area contributed by atoms with Crippen molar-refractivity contribution in [3.63, 3.8) is 0 Å². The highest BCUT2D eigenvalue weighted by molar-refractivity contribution is 9.10. The lowest BCUT2D eigenvalue weighted by molar-refractivity contribution is 0.283. The van der Waals surface area contributed by atoms with Gasteiger partial charge in [0.2, 0.25) is 0 Å². The number of fused-ring (bicyclic) bond motifs is 1. The van der Waals surface area contributed by atoms with Crippen LogP contribution in [0.25, 0.3) is 5.65 Å². The lowest BCUT2D eigenvalue weighted by Gasteiger charge is -2.04. The van der Waals surface area contributed by atoms with Gasteiger partial charge in [0.15, 0.2) is 5.65 Å². The quantitative estimate of drug-likeness (QED) is 0.791. The number of imidazole rings is 1. The summed E-state index contributed by atoms with van der Waals surface area (Å²) >= 11 is 3.35. The van der Waals surface area contributed by atoms with Gasteiger partial charge >= 0.3 is 0 Å². The van der Waals surface area contributed by atoms with Crippen LogP contribution < -0.4 is 5.32 Å². The Hall–Kier alpha value is -0.980. The monoisotopic (exact) mass is 298 g/mol. The third-order valence-corrected chi connectivity index (χ3v) is 2.92. The SMILES string of the molecule is OCCCCNCc1cnc2cnc(Br)cn12. The van der Waals surface area contributed by atoms with Crippen LogP contribution in [0.15, 0.2) is 23.2 Å². The van der Waals surface area contributed by atoms with Crippen molar-refractivity contribution in [2.45, 2.75) is 19.4 Å². The first-order valence-electron chi connectivity index (χ1n) is 5.60. The van der Waals surface area contributed by atoms with Crippen LogP contribution in [0.3, 0.4) is 0 Å². The Kier molecular flexibility index (Phi) is 4.47. The van der Waals surface area contributed by atoms with Crippen LogP contribution in [0.1, 0.15) is 18.5 Å². The van der Waals surface area contributed by atoms with Crippen molar-refractivity contribution in [1.29, 1.82) is 0 Å². The van der Waals surface area contributed by atoms with Crippen LogP contribution in [0.4, 0.5) is 0 Å². The average Bonchev–Trinajstić information content (AvgIpc) is 2.72. The zero-order valence-electron chi connectivity index (χ0n) is 9.43. The number of hydrogen-bond donors (Lipinski definition) is 2. The minimum atomic E-state index is 0.260. The zero-order valence-corrected chi connectivity index (χ0v) is 11.0. The van der Waals surface area contributed by atoms with Crippen molar-refractivity contribution in [2.75, 3.05) is 13.2 Å². The molecule has 2 N–H and O–H groups in total. The molecule has 0 saturated carbocycles. The molecule has 2 rings (SSSR count). The molecule has 2 aromatic rings. The molecule has 6 heteroatoms. The molecule has 17 heavy (non-hydrogen) atoms. The van der Waals surface area contributed by atoms with E-state index in [1.807, 2.05) is 16.8 Å². The van der Waals surface area contributed by atoms with Gasteiger partial charge in [-0.3, -0.25) is 4.40 Å². The first-order chi connectivity index (χ1) is 8.31. The van der Waals surface area contributed by atoms with Gasteiger partial charge in [-0.25, -0.2) is 9.97 Å². The second kappa shape index (κ2) is 6.09. The highest BCUT2D eigenvalue weighted by atomic mass is 79.9. The summed E-state index contributed by atoms with van der Waals surface area (Å²) in [6.45, 7) is 1.93. The summed E-state index contributed by atoms with van der Waals surface area (Å²) in [5.41, 5.74) is 1.95. The van der Waals surface area contributed by atoms with Gasteiger partial charge in [-0.15, -0.1) is 0 Å². The van der Waals surface area contributed by atoms with Crippen molar-refractivity contribution < 1.29 is 5.11 Å². The van der Waals surface area contributed by atoms with Crippen molar-refractivity contribution in [3.05, 3.63) is 28.9 Å². The van der Waals surface area contributed by atoms with Gasteiger partial charge in [-0.1, -0.05) is 0 Å². The number of rotatable bonds is 6. The third-order valence-electron chi connectivity index (χ3n) is 2.51. The largest absolute Gasteiger partial charge is 0.396 e. The fraction of sp³-hybridized carbons (Fsp3) is 0.455. The smallest absolute Gasteiger partial charge is 0.155 e. The molecule has 0 aliphatic carbocycles. The Morgan fingerprint density at radius 1 is 1.29 bits per heavy atom. The van der Waals surface area contributed by atoms with Gasteiger partial charge in [0.1, 0.15) is 4.60 Å². The van der Waals surface area contributed by atoms with E-state index in [0.29, 0.717) is 0 Å². The topological polar surface area (TPSA) is 62.5 Å². The normalized spacial score (nSPS) is 11.2. The summed E-state index contributed by atoms with van der Waals surface area (Å²) in [7, 11) is 0. The molecule has 0 aliphatic rings. The minimum Gasteiger partial charge on any atom is -0.396 e. The number of unbranched alkanes of at least 4 members (excludes halogenated alkanes) is 1. The van der Waals surface area contributed by atoms with Gasteiger partial charge in [0.05, 0.1) is 18.1 Å². The maximum Gasteiger partial charge on any atom is 0.155 e. The fourth-order valence-electron chi connectivity index (χ4n) is 1.63. The van der Waals surface area contributed by atoms with E-state index in [9.17, 15) is 0 Å². The molecule has 92 valence electrons. The van der Waals surface area contributed by atoms with E-state index >= 15 is 0 Å². The van der Waals surface area contributed by atoms with Crippen LogP contribution in [0, 0.1) is 0 Å². The highest BCUT2D eigenvalue weighted by Gasteiger charge is 2.03. The Balaban J connectivity index is 1.96. The van der Waals surface area contributed by atoms with Gasteiger partial charge in [0, 0.05) is 19.3 Å². The first kappa shape index (κ1) is 12.5. The molecule has 0 atom stereocenters. The third kappa shape index (κ3) is 3.24. The molecular formula is C11H15BrN4O. The average molecular weight is 299 g/mol. The van der Waals surface area contributed by atoms with Gasteiger partial charge in [-0.2, -0.15) is 0 Å². The standard InChI is InChI=1S/C11H15BrN4O/c12-10-8-16-9(5-13-3-1-2-4-17)6-15-11(16)7-14-10/h6-8,13,17H,1-5H2. The van der Waals surface area contributed by atoms with Crippen LogP contribution in [0.2, 0.25) is 0 Å². The lowest BCUT2D eigenvalue weighted by atomic mass is 10.3. The number of hydrogen-bond acceptors (Lipinski definition) is 4. The number of nitrogens with zero attached hydrogens (tertiary/aromatic N) is 3. The number of aliphatic hydroxyl groups is 1. The van der Waals surface area contributed by atoms with Crippen molar-refractivity contribution in [1.82, 2.24) is 19.7 Å². The summed E-state index contributed by atoms with van der Waals surface area (Å²) in [6.07, 6.45) is 7.32. The van der Waals surface area contributed by atoms with Crippen LogP contribution in [0.5, 0.6) is 0 Å². The van der Waals surface area contributed by atoms with Crippen molar-refractivity contribution in [3.8, 4) is 0 Å². The molecule has 2 heterocycles. The van der Waals surface area contributed by atoms with E-state index in [1.54, 1.807) is 6.20 Å². The van der Waals surface area contributed by atoms with E-state index in [4.69, 9.17) is 5.11 Å². The minimum absolute atomic E-state index is 0.260. The van der Waals surface area contributed by atoms with Crippen molar-refractivity contribution >= 4 is 21.6 Å². The molecule has 0 aromatic carbocycles. The first-order valence-corrected chi connectivity index (χ1v) is 6.39. The number of aromatic nitrogens is 3. The van der Waals surface area contributed by atoms with Gasteiger partial charge in [-0.05, 0) is 35.3 Å². The maximum absolute atomic E-state index is 8.67. The van der Waals surface area contributed by atoms with Gasteiger partial charge < -0.3 is 10.4 Å². The Labute approximate surface area is 108 Å². The van der Waals surface area contributed by atoms with Crippen LogP contribution in [-0.4, -0.2) is 32.6 Å². The molecule has 0 amide bonds. The van der Waals surface area contributed by atoms with Gasteiger partial charge in [0.25, 0.3) is 0 Å². The van der Waals surface area contributed by atoms with E-state index in [1.165, 1.54) is 0 Å². The second-order valence-corrected chi connectivity index (χ2v) is 4.61. The summed E-state index contributed by atoms with van der Waals surface area (Å²) in [4.78, 5) is 8.40. The molecule has 0 fully saturated rings. The van der Waals surface area contributed by atoms with E-state index in [2.05, 4.69) is 31.2 Å². The molecule has 0 bridgehead atoms. The fourth-order valence-corrected chi connectivity index (χ4v) is 1.93. The molecule has 0 unspecified atom stereocenters. The Morgan fingerprint density at radius 2 is 2.18 bits per heavy atom. The molecule has 2 aromatic heterocycles. The van der Waals surface area contributed by atoms with Crippen LogP contribution >= 0.6 is 15.9 Å². The molecule has 0 radical (unpaired) electrons. The molecule has 0 spiro atoms. The predicted molar refractivity (Wildman–Crippen MR) is 68.7 cm³/mol. The summed E-state index contributed by atoms with van der Waals surface area (Å²) in [6, 6.07) is 0. The van der Waals surface area contributed by atoms with E-state index < -0.39 is 0 Å². The molecule has 0 saturated heterocycles. The lowest BCUT2D eigenvalue weighted by Crippen LogP contribution is -2.16. The molecule has 5 nitrogen and oxygen atoms in total. The Bertz CT molecular complexity index is 485. The number of aliphatic hydroxyl groups excluding tert-OH is 1. The van der Waals surface area contributed by atoms with Crippen molar-refractivity contribution in [2.24, 2.45) is 0 Å². The van der Waals surface area contributed by atoms with E-state index in [0.717, 1.165) is 41.9 Å². The number of halogens is 1. The number of nitrogens with one attached hydrogen (secondary N) is 1. The Morgan fingerprint density at radius 3 is 3.00 bits per heavy atom. The zero-order chi connectivity index (χ0) is 12.1. The summed E-state index contributed by atoms with van der Waals surface area (Å²) in [5.74, 6) is 0.